The number of anilines is 1. The number of hydrogen-bond donors (Lipinski definition) is 2. The third kappa shape index (κ3) is 4.56. The number of piperidine rings is 1. The quantitative estimate of drug-likeness (QED) is 0.770. The minimum Gasteiger partial charge on any atom is -0.349 e. The minimum atomic E-state index is -0.487. The highest BCUT2D eigenvalue weighted by molar-refractivity contribution is 5.75. The first kappa shape index (κ1) is 17.8. The molecule has 3 rings (SSSR count). The summed E-state index contributed by atoms with van der Waals surface area (Å²) in [5.74, 6) is 0.865. The molecule has 2 N–H and O–H groups in total. The number of nitrogens with one attached hydrogen (secondary N) is 2. The first-order chi connectivity index (χ1) is 12.5. The number of rotatable bonds is 5. The van der Waals surface area contributed by atoms with Gasteiger partial charge in [0.15, 0.2) is 0 Å². The molecule has 0 atom stereocenters. The van der Waals surface area contributed by atoms with Gasteiger partial charge in [0.25, 0.3) is 5.56 Å². The van der Waals surface area contributed by atoms with E-state index in [1.807, 2.05) is 0 Å². The highest BCUT2D eigenvalue weighted by Crippen LogP contribution is 2.19. The Kier molecular flexibility index (Phi) is 5.45. The maximum atomic E-state index is 12.0. The number of hydrogen-bond acceptors (Lipinski definition) is 6. The molecule has 0 spiro atoms. The number of amides is 1. The molecule has 1 fully saturated rings. The van der Waals surface area contributed by atoms with Crippen LogP contribution in [-0.4, -0.2) is 38.5 Å². The summed E-state index contributed by atoms with van der Waals surface area (Å²) in [5, 5.41) is 2.68. The third-order valence-corrected chi connectivity index (χ3v) is 4.43. The van der Waals surface area contributed by atoms with Crippen molar-refractivity contribution in [3.05, 3.63) is 51.1 Å². The van der Waals surface area contributed by atoms with Gasteiger partial charge in [-0.1, -0.05) is 6.92 Å². The lowest BCUT2D eigenvalue weighted by Crippen LogP contribution is -2.36. The molecule has 1 aliphatic rings. The van der Waals surface area contributed by atoms with Crippen LogP contribution in [-0.2, 0) is 17.9 Å². The van der Waals surface area contributed by atoms with E-state index in [4.69, 9.17) is 0 Å². The van der Waals surface area contributed by atoms with E-state index in [2.05, 4.69) is 32.1 Å². The van der Waals surface area contributed by atoms with Crippen molar-refractivity contribution in [1.82, 2.24) is 24.8 Å². The highest BCUT2D eigenvalue weighted by atomic mass is 16.2. The number of H-pyrrole nitrogens is 1. The van der Waals surface area contributed by atoms with Crippen molar-refractivity contribution >= 4 is 11.9 Å². The molecule has 0 bridgehead atoms. The maximum Gasteiger partial charge on any atom is 0.347 e. The summed E-state index contributed by atoms with van der Waals surface area (Å²) in [5.41, 5.74) is -0.255. The van der Waals surface area contributed by atoms with Gasteiger partial charge in [-0.2, -0.15) is 0 Å². The van der Waals surface area contributed by atoms with Crippen LogP contribution in [0.25, 0.3) is 0 Å². The van der Waals surface area contributed by atoms with Crippen LogP contribution < -0.4 is 21.5 Å². The van der Waals surface area contributed by atoms with E-state index in [1.54, 1.807) is 6.07 Å². The second kappa shape index (κ2) is 7.94. The summed E-state index contributed by atoms with van der Waals surface area (Å²) in [6.45, 7) is 3.91. The Morgan fingerprint density at radius 2 is 2.12 bits per heavy atom. The van der Waals surface area contributed by atoms with E-state index >= 15 is 0 Å². The molecule has 0 radical (unpaired) electrons. The Hall–Kier alpha value is -2.97. The van der Waals surface area contributed by atoms with Crippen molar-refractivity contribution in [2.45, 2.75) is 32.9 Å². The fourth-order valence-electron chi connectivity index (χ4n) is 2.86. The van der Waals surface area contributed by atoms with Crippen LogP contribution in [0.3, 0.4) is 0 Å². The molecule has 0 aromatic carbocycles. The average molecular weight is 358 g/mol. The number of nitrogens with zero attached hydrogens (tertiary/aromatic N) is 4. The molecule has 9 heteroatoms. The highest BCUT2D eigenvalue weighted by Gasteiger charge is 2.18. The Bertz CT molecular complexity index is 882. The van der Waals surface area contributed by atoms with Crippen LogP contribution in [0.5, 0.6) is 0 Å². The monoisotopic (exact) mass is 358 g/mol. The first-order valence-electron chi connectivity index (χ1n) is 8.64. The van der Waals surface area contributed by atoms with Crippen LogP contribution in [0, 0.1) is 5.92 Å². The summed E-state index contributed by atoms with van der Waals surface area (Å²) in [6, 6.07) is 2.95. The van der Waals surface area contributed by atoms with Gasteiger partial charge in [-0.05, 0) is 24.8 Å². The van der Waals surface area contributed by atoms with Crippen LogP contribution in [0.2, 0.25) is 0 Å². The van der Waals surface area contributed by atoms with Gasteiger partial charge >= 0.3 is 5.69 Å². The summed E-state index contributed by atoms with van der Waals surface area (Å²) >= 11 is 0. The number of carbonyl (C=O) groups is 1. The molecule has 1 saturated heterocycles. The average Bonchev–Trinajstić information content (AvgIpc) is 2.62. The van der Waals surface area contributed by atoms with Gasteiger partial charge < -0.3 is 10.2 Å². The molecule has 3 heterocycles. The molecular formula is C17H22N6O3. The van der Waals surface area contributed by atoms with E-state index in [0.717, 1.165) is 25.9 Å². The van der Waals surface area contributed by atoms with Crippen molar-refractivity contribution in [2.75, 3.05) is 18.0 Å². The number of aromatic amines is 1. The lowest BCUT2D eigenvalue weighted by molar-refractivity contribution is -0.121. The van der Waals surface area contributed by atoms with Gasteiger partial charge in [-0.25, -0.2) is 14.8 Å². The van der Waals surface area contributed by atoms with Crippen LogP contribution in [0.4, 0.5) is 5.95 Å². The maximum absolute atomic E-state index is 12.0. The Balaban J connectivity index is 1.63. The van der Waals surface area contributed by atoms with Crippen molar-refractivity contribution in [1.29, 1.82) is 0 Å². The zero-order valence-electron chi connectivity index (χ0n) is 14.6. The minimum absolute atomic E-state index is 0.120. The van der Waals surface area contributed by atoms with Gasteiger partial charge in [0.05, 0.1) is 12.2 Å². The van der Waals surface area contributed by atoms with E-state index < -0.39 is 5.69 Å². The fraction of sp³-hybridized carbons (Fsp3) is 0.471. The zero-order valence-corrected chi connectivity index (χ0v) is 14.6. The lowest BCUT2D eigenvalue weighted by Gasteiger charge is -2.30. The first-order valence-corrected chi connectivity index (χ1v) is 8.64. The normalized spacial score (nSPS) is 15.0. The molecule has 1 aliphatic heterocycles. The number of carbonyl (C=O) groups excluding carboxylic acids is 1. The van der Waals surface area contributed by atoms with E-state index in [1.165, 1.54) is 23.0 Å². The molecule has 0 unspecified atom stereocenters. The molecular weight excluding hydrogens is 336 g/mol. The van der Waals surface area contributed by atoms with Crippen molar-refractivity contribution in [3.8, 4) is 0 Å². The summed E-state index contributed by atoms with van der Waals surface area (Å²) in [7, 11) is 0. The molecule has 9 nitrogen and oxygen atoms in total. The number of aromatic nitrogens is 4. The summed E-state index contributed by atoms with van der Waals surface area (Å²) < 4.78 is 1.21. The van der Waals surface area contributed by atoms with Crippen molar-refractivity contribution in [2.24, 2.45) is 5.92 Å². The van der Waals surface area contributed by atoms with Gasteiger partial charge in [-0.3, -0.25) is 19.1 Å². The second-order valence-corrected chi connectivity index (χ2v) is 6.54. The third-order valence-electron chi connectivity index (χ3n) is 4.43. The Labute approximate surface area is 150 Å². The molecule has 2 aromatic rings. The molecule has 2 aromatic heterocycles. The van der Waals surface area contributed by atoms with Gasteiger partial charge in [0, 0.05) is 31.5 Å². The van der Waals surface area contributed by atoms with Crippen LogP contribution in [0.15, 0.2) is 34.1 Å². The zero-order chi connectivity index (χ0) is 18.5. The van der Waals surface area contributed by atoms with E-state index in [0.29, 0.717) is 17.6 Å². The molecule has 0 saturated carbocycles. The summed E-state index contributed by atoms with van der Waals surface area (Å²) in [4.78, 5) is 48.3. The fourth-order valence-corrected chi connectivity index (χ4v) is 2.86. The van der Waals surface area contributed by atoms with Gasteiger partial charge in [0.1, 0.15) is 6.54 Å². The standard InChI is InChI=1S/C17H22N6O3/c1-12-3-7-22(8-4-12)16-20-13(9-14(24)21-16)10-19-15(25)11-23-6-2-5-18-17(23)26/h2,5-6,9,12H,3-4,7-8,10-11H2,1H3,(H,19,25)(H,20,21,24). The SMILES string of the molecule is CC1CCN(c2nc(CNC(=O)Cn3cccnc3=O)cc(=O)[nH]2)CC1. The Morgan fingerprint density at radius 1 is 1.35 bits per heavy atom. The van der Waals surface area contributed by atoms with Crippen LogP contribution >= 0.6 is 0 Å². The molecule has 26 heavy (non-hydrogen) atoms. The van der Waals surface area contributed by atoms with Crippen LogP contribution in [0.1, 0.15) is 25.5 Å². The van der Waals surface area contributed by atoms with Gasteiger partial charge in [-0.15, -0.1) is 0 Å². The summed E-state index contributed by atoms with van der Waals surface area (Å²) in [6.07, 6.45) is 4.99. The molecule has 138 valence electrons. The predicted octanol–water partition coefficient (Wildman–Crippen LogP) is -0.121. The Morgan fingerprint density at radius 3 is 2.85 bits per heavy atom. The lowest BCUT2D eigenvalue weighted by atomic mass is 10.00. The smallest absolute Gasteiger partial charge is 0.347 e. The molecule has 1 amide bonds. The van der Waals surface area contributed by atoms with Crippen molar-refractivity contribution in [3.63, 3.8) is 0 Å². The second-order valence-electron chi connectivity index (χ2n) is 6.54. The largest absolute Gasteiger partial charge is 0.349 e. The van der Waals surface area contributed by atoms with Crippen molar-refractivity contribution < 1.29 is 4.79 Å². The van der Waals surface area contributed by atoms with Gasteiger partial charge in [0.2, 0.25) is 11.9 Å². The topological polar surface area (TPSA) is 113 Å². The van der Waals surface area contributed by atoms with E-state index in [-0.39, 0.29) is 24.6 Å². The molecule has 0 aliphatic carbocycles. The predicted molar refractivity (Wildman–Crippen MR) is 95.8 cm³/mol. The van der Waals surface area contributed by atoms with E-state index in [9.17, 15) is 14.4 Å².